The van der Waals surface area contributed by atoms with E-state index in [1.165, 1.54) is 0 Å². The van der Waals surface area contributed by atoms with Crippen LogP contribution in [0.3, 0.4) is 0 Å². The average Bonchev–Trinajstić information content (AvgIpc) is 2.10. The highest BCUT2D eigenvalue weighted by molar-refractivity contribution is 5.71. The van der Waals surface area contributed by atoms with Crippen molar-refractivity contribution in [2.24, 2.45) is 5.92 Å². The summed E-state index contributed by atoms with van der Waals surface area (Å²) in [5.41, 5.74) is 0. The third kappa shape index (κ3) is 4.91. The summed E-state index contributed by atoms with van der Waals surface area (Å²) in [7, 11) is 0. The Hall–Kier alpha value is -0.830. The third-order valence-corrected chi connectivity index (χ3v) is 1.60. The van der Waals surface area contributed by atoms with Crippen molar-refractivity contribution in [2.45, 2.75) is 33.1 Å². The minimum Gasteiger partial charge on any atom is -0.301 e. The van der Waals surface area contributed by atoms with Gasteiger partial charge in [-0.25, -0.2) is 4.79 Å². The maximum atomic E-state index is 10.7. The Bertz CT molecular complexity index is 152. The van der Waals surface area contributed by atoms with E-state index in [-0.39, 0.29) is 5.92 Å². The number of unbranched alkanes of at least 4 members (excludes halogenated alkanes) is 1. The van der Waals surface area contributed by atoms with E-state index in [0.717, 1.165) is 12.8 Å². The van der Waals surface area contributed by atoms with E-state index < -0.39 is 5.97 Å². The Morgan fingerprint density at radius 3 is 2.75 bits per heavy atom. The maximum absolute atomic E-state index is 10.7. The largest absolute Gasteiger partial charge is 0.345 e. The lowest BCUT2D eigenvalue weighted by atomic mass is 10.1. The molecule has 0 amide bonds. The molecule has 0 fully saturated rings. The van der Waals surface area contributed by atoms with Crippen molar-refractivity contribution in [1.29, 1.82) is 0 Å². The van der Waals surface area contributed by atoms with Crippen LogP contribution in [0.25, 0.3) is 0 Å². The molecule has 0 aromatic carbocycles. The molecule has 0 aliphatic heterocycles. The fraction of sp³-hybridized carbons (Fsp3) is 0.667. The first kappa shape index (κ1) is 11.2. The fourth-order valence-electron chi connectivity index (χ4n) is 0.771. The van der Waals surface area contributed by atoms with E-state index in [0.29, 0.717) is 6.42 Å². The molecule has 3 heteroatoms. The smallest absolute Gasteiger partial charge is 0.301 e. The maximum Gasteiger partial charge on any atom is 0.345 e. The molecule has 3 nitrogen and oxygen atoms in total. The van der Waals surface area contributed by atoms with Gasteiger partial charge in [0.1, 0.15) is 0 Å². The molecular formula is C9H16O3. The lowest BCUT2D eigenvalue weighted by Gasteiger charge is -2.02. The molecule has 0 aliphatic rings. The van der Waals surface area contributed by atoms with Crippen LogP contribution in [0.15, 0.2) is 12.2 Å². The van der Waals surface area contributed by atoms with Gasteiger partial charge < -0.3 is 4.89 Å². The number of rotatable bonds is 5. The zero-order valence-corrected chi connectivity index (χ0v) is 7.62. The van der Waals surface area contributed by atoms with Gasteiger partial charge in [0.05, 0.1) is 5.92 Å². The predicted molar refractivity (Wildman–Crippen MR) is 46.5 cm³/mol. The van der Waals surface area contributed by atoms with Crippen LogP contribution in [0.2, 0.25) is 0 Å². The Morgan fingerprint density at radius 2 is 2.25 bits per heavy atom. The molecule has 0 rings (SSSR count). The van der Waals surface area contributed by atoms with Crippen LogP contribution in [0.1, 0.15) is 33.1 Å². The van der Waals surface area contributed by atoms with Crippen LogP contribution in [0, 0.1) is 5.92 Å². The standard InChI is InChI=1S/C9H16O3/c1-3-4-5-6-7-8(2)9(10)12-11/h5-6,8,11H,3-4,7H2,1-2H3. The molecule has 0 aromatic rings. The zero-order valence-electron chi connectivity index (χ0n) is 7.62. The third-order valence-electron chi connectivity index (χ3n) is 1.60. The molecule has 0 aromatic heterocycles. The Morgan fingerprint density at radius 1 is 1.58 bits per heavy atom. The second-order valence-corrected chi connectivity index (χ2v) is 2.81. The molecular weight excluding hydrogens is 156 g/mol. The zero-order chi connectivity index (χ0) is 9.40. The minimum atomic E-state index is -0.573. The predicted octanol–water partition coefficient (Wildman–Crippen LogP) is 2.39. The molecule has 0 bridgehead atoms. The molecule has 1 atom stereocenters. The highest BCUT2D eigenvalue weighted by Gasteiger charge is 2.11. The summed E-state index contributed by atoms with van der Waals surface area (Å²) in [6.07, 6.45) is 6.72. The van der Waals surface area contributed by atoms with E-state index in [9.17, 15) is 4.79 Å². The van der Waals surface area contributed by atoms with Crippen molar-refractivity contribution in [3.05, 3.63) is 12.2 Å². The summed E-state index contributed by atoms with van der Waals surface area (Å²) < 4.78 is 0. The summed E-state index contributed by atoms with van der Waals surface area (Å²) in [4.78, 5) is 14.3. The summed E-state index contributed by atoms with van der Waals surface area (Å²) in [5, 5.41) is 8.03. The number of carbonyl (C=O) groups is 1. The molecule has 0 aliphatic carbocycles. The first-order valence-corrected chi connectivity index (χ1v) is 4.22. The molecule has 0 saturated heterocycles. The van der Waals surface area contributed by atoms with Crippen LogP contribution in [0.5, 0.6) is 0 Å². The molecule has 0 heterocycles. The lowest BCUT2D eigenvalue weighted by molar-refractivity contribution is -0.238. The quantitative estimate of drug-likeness (QED) is 0.393. The number of hydrogen-bond donors (Lipinski definition) is 1. The molecule has 1 unspecified atom stereocenters. The van der Waals surface area contributed by atoms with Gasteiger partial charge in [-0.1, -0.05) is 32.4 Å². The van der Waals surface area contributed by atoms with Crippen molar-refractivity contribution < 1.29 is 14.9 Å². The summed E-state index contributed by atoms with van der Waals surface area (Å²) in [6.45, 7) is 3.81. The Balaban J connectivity index is 3.55. The van der Waals surface area contributed by atoms with Gasteiger partial charge in [-0.05, 0) is 12.8 Å². The summed E-state index contributed by atoms with van der Waals surface area (Å²) >= 11 is 0. The van der Waals surface area contributed by atoms with E-state index in [1.807, 2.05) is 12.2 Å². The lowest BCUT2D eigenvalue weighted by Crippen LogP contribution is -2.11. The van der Waals surface area contributed by atoms with E-state index in [2.05, 4.69) is 11.8 Å². The van der Waals surface area contributed by atoms with Crippen molar-refractivity contribution in [1.82, 2.24) is 0 Å². The number of allylic oxidation sites excluding steroid dienone is 2. The van der Waals surface area contributed by atoms with Crippen molar-refractivity contribution in [3.8, 4) is 0 Å². The number of hydrogen-bond acceptors (Lipinski definition) is 3. The monoisotopic (exact) mass is 172 g/mol. The molecule has 12 heavy (non-hydrogen) atoms. The molecule has 1 N–H and O–H groups in total. The molecule has 0 spiro atoms. The topological polar surface area (TPSA) is 46.5 Å². The fourth-order valence-corrected chi connectivity index (χ4v) is 0.771. The van der Waals surface area contributed by atoms with Crippen LogP contribution >= 0.6 is 0 Å². The van der Waals surface area contributed by atoms with Gasteiger partial charge >= 0.3 is 5.97 Å². The molecule has 0 saturated carbocycles. The van der Waals surface area contributed by atoms with Crippen LogP contribution in [-0.2, 0) is 9.68 Å². The van der Waals surface area contributed by atoms with E-state index in [1.54, 1.807) is 6.92 Å². The first-order chi connectivity index (χ1) is 5.72. The van der Waals surface area contributed by atoms with Crippen molar-refractivity contribution in [2.75, 3.05) is 0 Å². The second-order valence-electron chi connectivity index (χ2n) is 2.81. The highest BCUT2D eigenvalue weighted by Crippen LogP contribution is 2.05. The van der Waals surface area contributed by atoms with Gasteiger partial charge in [-0.3, -0.25) is 0 Å². The number of carbonyl (C=O) groups excluding carboxylic acids is 1. The second kappa shape index (κ2) is 6.85. The Kier molecular flexibility index (Phi) is 6.38. The van der Waals surface area contributed by atoms with Gasteiger partial charge in [0.25, 0.3) is 0 Å². The molecule has 0 radical (unpaired) electrons. The van der Waals surface area contributed by atoms with Crippen LogP contribution < -0.4 is 0 Å². The SMILES string of the molecule is CCCC=CCC(C)C(=O)OO. The minimum absolute atomic E-state index is 0.261. The molecule has 70 valence electrons. The van der Waals surface area contributed by atoms with Gasteiger partial charge in [0.2, 0.25) is 0 Å². The van der Waals surface area contributed by atoms with Gasteiger partial charge in [-0.15, -0.1) is 0 Å². The van der Waals surface area contributed by atoms with Crippen molar-refractivity contribution >= 4 is 5.97 Å². The van der Waals surface area contributed by atoms with Gasteiger partial charge in [-0.2, -0.15) is 5.26 Å². The average molecular weight is 172 g/mol. The van der Waals surface area contributed by atoms with Crippen LogP contribution in [0.4, 0.5) is 0 Å². The van der Waals surface area contributed by atoms with Gasteiger partial charge in [0, 0.05) is 0 Å². The summed E-state index contributed by atoms with van der Waals surface area (Å²) in [6, 6.07) is 0. The normalized spacial score (nSPS) is 13.2. The first-order valence-electron chi connectivity index (χ1n) is 4.22. The highest BCUT2D eigenvalue weighted by atomic mass is 17.1. The summed E-state index contributed by atoms with van der Waals surface area (Å²) in [5.74, 6) is -0.834. The van der Waals surface area contributed by atoms with Crippen molar-refractivity contribution in [3.63, 3.8) is 0 Å². The Labute approximate surface area is 73.0 Å². The van der Waals surface area contributed by atoms with E-state index in [4.69, 9.17) is 5.26 Å². The van der Waals surface area contributed by atoms with Gasteiger partial charge in [0.15, 0.2) is 0 Å². The van der Waals surface area contributed by atoms with E-state index >= 15 is 0 Å². The van der Waals surface area contributed by atoms with Crippen LogP contribution in [-0.4, -0.2) is 11.2 Å².